The number of rotatable bonds is 2. The number of pyridine rings is 2. The monoisotopic (exact) mass is 322 g/mol. The lowest BCUT2D eigenvalue weighted by atomic mass is 9.97. The van der Waals surface area contributed by atoms with E-state index in [9.17, 15) is 4.79 Å². The van der Waals surface area contributed by atoms with Crippen LogP contribution in [0.25, 0.3) is 5.65 Å². The molecule has 4 heterocycles. The summed E-state index contributed by atoms with van der Waals surface area (Å²) in [6.45, 7) is 1.39. The summed E-state index contributed by atoms with van der Waals surface area (Å²) in [5.41, 5.74) is 1.54. The number of fused-ring (bicyclic) bond motifs is 1. The van der Waals surface area contributed by atoms with Gasteiger partial charge in [-0.05, 0) is 37.1 Å². The maximum atomic E-state index is 12.5. The van der Waals surface area contributed by atoms with E-state index in [2.05, 4.69) is 20.5 Å². The van der Waals surface area contributed by atoms with Gasteiger partial charge in [-0.3, -0.25) is 9.38 Å². The third-order valence-corrected chi connectivity index (χ3v) is 4.33. The van der Waals surface area contributed by atoms with Crippen LogP contribution < -0.4 is 5.32 Å². The average Bonchev–Trinajstić information content (AvgIpc) is 3.07. The zero-order valence-electron chi connectivity index (χ0n) is 13.2. The molecular formula is C17H18N6O. The van der Waals surface area contributed by atoms with E-state index in [4.69, 9.17) is 0 Å². The van der Waals surface area contributed by atoms with Crippen molar-refractivity contribution < 1.29 is 4.79 Å². The number of amides is 2. The van der Waals surface area contributed by atoms with Crippen LogP contribution in [-0.4, -0.2) is 43.6 Å². The molecule has 0 aliphatic carbocycles. The first kappa shape index (κ1) is 14.6. The number of likely N-dealkylation sites (tertiary alicyclic amines) is 1. The van der Waals surface area contributed by atoms with Gasteiger partial charge in [-0.25, -0.2) is 4.79 Å². The third-order valence-electron chi connectivity index (χ3n) is 4.33. The fourth-order valence-corrected chi connectivity index (χ4v) is 3.15. The lowest BCUT2D eigenvalue weighted by molar-refractivity contribution is 0.191. The van der Waals surface area contributed by atoms with Crippen LogP contribution in [0.2, 0.25) is 0 Å². The van der Waals surface area contributed by atoms with Crippen molar-refractivity contribution >= 4 is 17.4 Å². The highest BCUT2D eigenvalue weighted by atomic mass is 16.2. The predicted octanol–water partition coefficient (Wildman–Crippen LogP) is 2.54. The summed E-state index contributed by atoms with van der Waals surface area (Å²) in [5.74, 6) is 1.11. The SMILES string of the molecule is O=C(Nc1cccnc1)N1CCCC(c2nnc3ccccn23)C1. The Hall–Kier alpha value is -2.96. The van der Waals surface area contributed by atoms with Crippen molar-refractivity contribution in [3.05, 3.63) is 54.7 Å². The molecule has 3 aromatic heterocycles. The summed E-state index contributed by atoms with van der Waals surface area (Å²) in [5, 5.41) is 11.5. The van der Waals surface area contributed by atoms with Crippen molar-refractivity contribution in [2.75, 3.05) is 18.4 Å². The number of urea groups is 1. The quantitative estimate of drug-likeness (QED) is 0.786. The van der Waals surface area contributed by atoms with Gasteiger partial charge in [0.25, 0.3) is 0 Å². The molecule has 3 aromatic rings. The summed E-state index contributed by atoms with van der Waals surface area (Å²) in [7, 11) is 0. The summed E-state index contributed by atoms with van der Waals surface area (Å²) in [6.07, 6.45) is 7.26. The highest BCUT2D eigenvalue weighted by Gasteiger charge is 2.27. The number of carbonyl (C=O) groups is 1. The van der Waals surface area contributed by atoms with Crippen molar-refractivity contribution in [2.45, 2.75) is 18.8 Å². The summed E-state index contributed by atoms with van der Waals surface area (Å²) in [4.78, 5) is 18.3. The van der Waals surface area contributed by atoms with E-state index < -0.39 is 0 Å². The van der Waals surface area contributed by atoms with Crippen LogP contribution in [0.1, 0.15) is 24.6 Å². The molecule has 1 aliphatic rings. The maximum Gasteiger partial charge on any atom is 0.321 e. The normalized spacial score (nSPS) is 17.8. The molecule has 4 rings (SSSR count). The Labute approximate surface area is 139 Å². The standard InChI is InChI=1S/C17H18N6O/c24-17(19-14-6-3-8-18-11-14)22-9-4-5-13(12-22)16-21-20-15-7-1-2-10-23(15)16/h1-3,6-8,10-11,13H,4-5,9,12H2,(H,19,24). The molecule has 1 saturated heterocycles. The number of carbonyl (C=O) groups excluding carboxylic acids is 1. The van der Waals surface area contributed by atoms with Gasteiger partial charge in [0.2, 0.25) is 0 Å². The minimum atomic E-state index is -0.0958. The zero-order valence-corrected chi connectivity index (χ0v) is 13.2. The molecule has 1 fully saturated rings. The summed E-state index contributed by atoms with van der Waals surface area (Å²) >= 11 is 0. The first-order chi connectivity index (χ1) is 11.8. The van der Waals surface area contributed by atoms with Crippen LogP contribution in [0.4, 0.5) is 10.5 Å². The average molecular weight is 322 g/mol. The van der Waals surface area contributed by atoms with Gasteiger partial charge in [0.05, 0.1) is 11.9 Å². The van der Waals surface area contributed by atoms with Gasteiger partial charge in [-0.1, -0.05) is 6.07 Å². The van der Waals surface area contributed by atoms with Gasteiger partial charge in [0.1, 0.15) is 5.82 Å². The molecule has 1 unspecified atom stereocenters. The maximum absolute atomic E-state index is 12.5. The molecule has 0 spiro atoms. The number of nitrogens with zero attached hydrogens (tertiary/aromatic N) is 5. The minimum Gasteiger partial charge on any atom is -0.324 e. The molecule has 2 amide bonds. The van der Waals surface area contributed by atoms with Crippen molar-refractivity contribution in [3.63, 3.8) is 0 Å². The first-order valence-corrected chi connectivity index (χ1v) is 8.07. The topological polar surface area (TPSA) is 75.4 Å². The van der Waals surface area contributed by atoms with Crippen molar-refractivity contribution in [3.8, 4) is 0 Å². The number of piperidine rings is 1. The van der Waals surface area contributed by atoms with E-state index in [1.807, 2.05) is 39.8 Å². The Morgan fingerprint density at radius 1 is 1.21 bits per heavy atom. The van der Waals surface area contributed by atoms with Crippen LogP contribution in [0.3, 0.4) is 0 Å². The molecule has 122 valence electrons. The fourth-order valence-electron chi connectivity index (χ4n) is 3.15. The van der Waals surface area contributed by atoms with Gasteiger partial charge < -0.3 is 10.2 Å². The second kappa shape index (κ2) is 6.27. The van der Waals surface area contributed by atoms with E-state index in [1.54, 1.807) is 18.5 Å². The van der Waals surface area contributed by atoms with Gasteiger partial charge >= 0.3 is 6.03 Å². The molecule has 7 heteroatoms. The van der Waals surface area contributed by atoms with E-state index in [1.165, 1.54) is 0 Å². The number of hydrogen-bond acceptors (Lipinski definition) is 4. The van der Waals surface area contributed by atoms with E-state index in [0.29, 0.717) is 12.2 Å². The molecule has 0 aromatic carbocycles. The Morgan fingerprint density at radius 2 is 2.17 bits per heavy atom. The number of anilines is 1. The number of hydrogen-bond donors (Lipinski definition) is 1. The highest BCUT2D eigenvalue weighted by molar-refractivity contribution is 5.89. The molecule has 1 aliphatic heterocycles. The summed E-state index contributed by atoms with van der Waals surface area (Å²) in [6, 6.07) is 9.39. The van der Waals surface area contributed by atoms with E-state index in [0.717, 1.165) is 30.9 Å². The molecule has 0 saturated carbocycles. The molecule has 0 radical (unpaired) electrons. The van der Waals surface area contributed by atoms with Crippen LogP contribution >= 0.6 is 0 Å². The van der Waals surface area contributed by atoms with Gasteiger partial charge in [-0.2, -0.15) is 0 Å². The number of nitrogens with one attached hydrogen (secondary N) is 1. The van der Waals surface area contributed by atoms with Crippen molar-refractivity contribution in [1.82, 2.24) is 24.5 Å². The zero-order chi connectivity index (χ0) is 16.4. The van der Waals surface area contributed by atoms with Crippen molar-refractivity contribution in [2.24, 2.45) is 0 Å². The molecule has 1 N–H and O–H groups in total. The van der Waals surface area contributed by atoms with E-state index in [-0.39, 0.29) is 11.9 Å². The minimum absolute atomic E-state index is 0.0958. The largest absolute Gasteiger partial charge is 0.324 e. The van der Waals surface area contributed by atoms with Crippen molar-refractivity contribution in [1.29, 1.82) is 0 Å². The predicted molar refractivity (Wildman–Crippen MR) is 89.8 cm³/mol. The van der Waals surface area contributed by atoms with Gasteiger partial charge in [0.15, 0.2) is 5.65 Å². The van der Waals surface area contributed by atoms with Crippen LogP contribution in [-0.2, 0) is 0 Å². The molecule has 1 atom stereocenters. The molecule has 24 heavy (non-hydrogen) atoms. The molecular weight excluding hydrogens is 304 g/mol. The second-order valence-corrected chi connectivity index (χ2v) is 5.94. The fraction of sp³-hybridized carbons (Fsp3) is 0.294. The number of aromatic nitrogens is 4. The highest BCUT2D eigenvalue weighted by Crippen LogP contribution is 2.26. The Balaban J connectivity index is 1.50. The lowest BCUT2D eigenvalue weighted by Crippen LogP contribution is -2.42. The molecule has 0 bridgehead atoms. The smallest absolute Gasteiger partial charge is 0.321 e. The lowest BCUT2D eigenvalue weighted by Gasteiger charge is -2.31. The Kier molecular flexibility index (Phi) is 3.82. The third kappa shape index (κ3) is 2.80. The van der Waals surface area contributed by atoms with Crippen LogP contribution in [0.15, 0.2) is 48.9 Å². The van der Waals surface area contributed by atoms with E-state index >= 15 is 0 Å². The Morgan fingerprint density at radius 3 is 3.04 bits per heavy atom. The first-order valence-electron chi connectivity index (χ1n) is 8.07. The Bertz CT molecular complexity index is 846. The second-order valence-electron chi connectivity index (χ2n) is 5.94. The van der Waals surface area contributed by atoms with Gasteiger partial charge in [-0.15, -0.1) is 10.2 Å². The summed E-state index contributed by atoms with van der Waals surface area (Å²) < 4.78 is 2.01. The van der Waals surface area contributed by atoms with Crippen LogP contribution in [0.5, 0.6) is 0 Å². The van der Waals surface area contributed by atoms with Gasteiger partial charge in [0, 0.05) is 31.4 Å². The van der Waals surface area contributed by atoms with Crippen LogP contribution in [0, 0.1) is 0 Å². The molecule has 7 nitrogen and oxygen atoms in total.